The van der Waals surface area contributed by atoms with E-state index < -0.39 is 62.3 Å². The summed E-state index contributed by atoms with van der Waals surface area (Å²) in [4.78, 5) is -0.491. The molecule has 0 radical (unpaired) electrons. The molecule has 0 aliphatic heterocycles. The second-order valence-corrected chi connectivity index (χ2v) is 8.06. The lowest BCUT2D eigenvalue weighted by Gasteiger charge is -2.27. The fourth-order valence-electron chi connectivity index (χ4n) is 2.81. The van der Waals surface area contributed by atoms with Gasteiger partial charge in [-0.2, -0.15) is 21.6 Å². The number of hydrogen-bond acceptors (Lipinski definition) is 4. The lowest BCUT2D eigenvalue weighted by Crippen LogP contribution is -2.36. The monoisotopic (exact) mass is 474 g/mol. The molecule has 162 valence electrons. The molecule has 0 saturated carbocycles. The van der Waals surface area contributed by atoms with Crippen molar-refractivity contribution in [1.82, 2.24) is 0 Å². The molecule has 1 N–H and O–H groups in total. The summed E-state index contributed by atoms with van der Waals surface area (Å²) in [5.41, 5.74) is -2.70. The zero-order valence-electron chi connectivity index (χ0n) is 14.2. The van der Waals surface area contributed by atoms with Crippen LogP contribution in [-0.2, 0) is 10.1 Å². The molecule has 2 atom stereocenters. The topological polar surface area (TPSA) is 63.6 Å². The van der Waals surface area contributed by atoms with Crippen molar-refractivity contribution in [2.75, 3.05) is 0 Å². The van der Waals surface area contributed by atoms with Crippen LogP contribution in [0.15, 0.2) is 63.2 Å². The van der Waals surface area contributed by atoms with Gasteiger partial charge in [-0.1, -0.05) is 0 Å². The van der Waals surface area contributed by atoms with Crippen molar-refractivity contribution in [3.05, 3.63) is 53.4 Å². The van der Waals surface area contributed by atoms with Gasteiger partial charge < -0.3 is 4.74 Å². The Hall–Kier alpha value is -2.25. The smallest absolute Gasteiger partial charge is 0.421 e. The first-order valence-electron chi connectivity index (χ1n) is 7.79. The quantitative estimate of drug-likeness (QED) is 0.355. The Labute approximate surface area is 169 Å². The number of halogens is 7. The predicted octanol–water partition coefficient (Wildman–Crippen LogP) is 5.41. The van der Waals surface area contributed by atoms with Gasteiger partial charge in [-0.05, 0) is 35.7 Å². The lowest BCUT2D eigenvalue weighted by molar-refractivity contribution is -0.0961. The van der Waals surface area contributed by atoms with E-state index in [2.05, 4.69) is 12.6 Å². The number of benzene rings is 2. The third-order valence-corrected chi connectivity index (χ3v) is 5.24. The highest BCUT2D eigenvalue weighted by molar-refractivity contribution is 7.85. The summed E-state index contributed by atoms with van der Waals surface area (Å²) >= 11 is 3.99. The van der Waals surface area contributed by atoms with Crippen molar-refractivity contribution in [2.24, 2.45) is 0 Å². The van der Waals surface area contributed by atoms with Gasteiger partial charge in [-0.3, -0.25) is 4.55 Å². The van der Waals surface area contributed by atoms with Gasteiger partial charge in [0.1, 0.15) is 11.3 Å². The summed E-state index contributed by atoms with van der Waals surface area (Å²) in [5, 5.41) is 0.0160. The van der Waals surface area contributed by atoms with E-state index in [1.54, 1.807) is 0 Å². The molecule has 0 saturated heterocycles. The number of rotatable bonds is 3. The number of fused-ring (bicyclic) bond motifs is 1. The van der Waals surface area contributed by atoms with Crippen LogP contribution in [0, 0.1) is 0 Å². The van der Waals surface area contributed by atoms with Crippen LogP contribution in [0.4, 0.5) is 30.7 Å². The highest BCUT2D eigenvalue weighted by Gasteiger charge is 2.50. The van der Waals surface area contributed by atoms with E-state index in [-0.39, 0.29) is 15.7 Å². The second kappa shape index (κ2) is 7.46. The molecule has 0 heterocycles. The van der Waals surface area contributed by atoms with Crippen molar-refractivity contribution >= 4 is 33.5 Å². The van der Waals surface area contributed by atoms with Crippen LogP contribution in [-0.4, -0.2) is 31.4 Å². The van der Waals surface area contributed by atoms with Crippen LogP contribution in [0.1, 0.15) is 0 Å². The van der Waals surface area contributed by atoms with E-state index in [0.29, 0.717) is 0 Å². The zero-order chi connectivity index (χ0) is 22.6. The fourth-order valence-corrected chi connectivity index (χ4v) is 3.58. The highest BCUT2D eigenvalue weighted by Crippen LogP contribution is 2.45. The maximum Gasteiger partial charge on any atom is 0.421 e. The molecule has 30 heavy (non-hydrogen) atoms. The first-order valence-corrected chi connectivity index (χ1v) is 9.68. The summed E-state index contributed by atoms with van der Waals surface area (Å²) in [6.45, 7) is 0. The molecule has 1 aliphatic carbocycles. The molecule has 0 fully saturated rings. The van der Waals surface area contributed by atoms with Gasteiger partial charge in [0.15, 0.2) is 29.8 Å². The summed E-state index contributed by atoms with van der Waals surface area (Å²) in [7, 11) is -4.60. The molecule has 0 amide bonds. The number of hydrogen-bond donors (Lipinski definition) is 2. The highest BCUT2D eigenvalue weighted by atomic mass is 32.2. The molecule has 3 rings (SSSR count). The van der Waals surface area contributed by atoms with Crippen LogP contribution >= 0.6 is 12.6 Å². The Balaban J connectivity index is 2.10. The van der Waals surface area contributed by atoms with Crippen LogP contribution in [0.2, 0.25) is 0 Å². The number of ether oxygens (including phenoxy) is 1. The minimum absolute atomic E-state index is 0.0217. The van der Waals surface area contributed by atoms with E-state index in [9.17, 15) is 39.2 Å². The second-order valence-electron chi connectivity index (χ2n) is 6.12. The van der Waals surface area contributed by atoms with E-state index in [1.165, 1.54) is 6.07 Å². The minimum Gasteiger partial charge on any atom is -0.479 e. The van der Waals surface area contributed by atoms with Crippen LogP contribution < -0.4 is 4.74 Å². The summed E-state index contributed by atoms with van der Waals surface area (Å²) in [6.07, 6.45) is -11.7. The maximum absolute atomic E-state index is 14.2. The molecule has 2 aromatic carbocycles. The largest absolute Gasteiger partial charge is 0.479 e. The average molecular weight is 474 g/mol. The molecular formula is C17H9F7O4S2. The molecule has 1 aliphatic rings. The first kappa shape index (κ1) is 22.4. The van der Waals surface area contributed by atoms with Crippen molar-refractivity contribution < 1.29 is 48.4 Å². The van der Waals surface area contributed by atoms with Gasteiger partial charge >= 0.3 is 6.18 Å². The van der Waals surface area contributed by atoms with Crippen molar-refractivity contribution in [3.8, 4) is 5.75 Å². The molecule has 2 unspecified atom stereocenters. The third kappa shape index (κ3) is 4.01. The molecule has 13 heteroatoms. The molecule has 0 aromatic heterocycles. The summed E-state index contributed by atoms with van der Waals surface area (Å²) in [6, 6.07) is 5.26. The summed E-state index contributed by atoms with van der Waals surface area (Å²) < 4.78 is 131. The van der Waals surface area contributed by atoms with Crippen LogP contribution in [0.25, 0.3) is 10.8 Å². The van der Waals surface area contributed by atoms with Gasteiger partial charge in [0, 0.05) is 10.3 Å². The Morgan fingerprint density at radius 3 is 2.23 bits per heavy atom. The average Bonchev–Trinajstić information content (AvgIpc) is 2.61. The van der Waals surface area contributed by atoms with Crippen molar-refractivity contribution in [2.45, 2.75) is 28.2 Å². The predicted molar refractivity (Wildman–Crippen MR) is 93.8 cm³/mol. The Morgan fingerprint density at radius 2 is 1.67 bits per heavy atom. The van der Waals surface area contributed by atoms with Crippen molar-refractivity contribution in [3.63, 3.8) is 0 Å². The zero-order valence-corrected chi connectivity index (χ0v) is 15.9. The van der Waals surface area contributed by atoms with E-state index >= 15 is 0 Å². The summed E-state index contributed by atoms with van der Waals surface area (Å²) in [5.74, 6) is -7.97. The van der Waals surface area contributed by atoms with Crippen LogP contribution in [0.5, 0.6) is 5.75 Å². The van der Waals surface area contributed by atoms with Crippen molar-refractivity contribution in [1.29, 1.82) is 0 Å². The number of allylic oxidation sites excluding steroid dienone is 2. The third-order valence-electron chi connectivity index (χ3n) is 4.13. The van der Waals surface area contributed by atoms with E-state index in [0.717, 1.165) is 24.3 Å². The minimum atomic E-state index is -5.68. The lowest BCUT2D eigenvalue weighted by atomic mass is 9.98. The van der Waals surface area contributed by atoms with Gasteiger partial charge in [-0.15, -0.1) is 12.6 Å². The SMILES string of the molecule is O=S(=O)(O)c1ccc2c(OC3C(F)=C(F)C(C(F)(F)F)=C(F)C3F)cc(S)cc2c1. The molecule has 0 bridgehead atoms. The normalized spacial score (nSPS) is 20.8. The molecule has 2 aromatic rings. The van der Waals surface area contributed by atoms with Gasteiger partial charge in [0.2, 0.25) is 0 Å². The Bertz CT molecular complexity index is 1200. The molecule has 0 spiro atoms. The van der Waals surface area contributed by atoms with Gasteiger partial charge in [0.25, 0.3) is 10.1 Å². The van der Waals surface area contributed by atoms with E-state index in [4.69, 9.17) is 9.29 Å². The van der Waals surface area contributed by atoms with E-state index in [1.807, 2.05) is 0 Å². The fraction of sp³-hybridized carbons (Fsp3) is 0.176. The number of alkyl halides is 4. The van der Waals surface area contributed by atoms with Crippen LogP contribution in [0.3, 0.4) is 0 Å². The standard InChI is InChI=1S/C17H9F7O4S2/c18-12-11(17(22,23)24)13(19)15(21)16(14(12)20)28-10-5-7(29)3-6-4-8(30(25,26)27)1-2-9(6)10/h1-5,14,16,29H,(H,25,26,27). The van der Waals surface area contributed by atoms with Gasteiger partial charge in [-0.25, -0.2) is 17.6 Å². The Kier molecular flexibility index (Phi) is 5.58. The van der Waals surface area contributed by atoms with Gasteiger partial charge in [0.05, 0.1) is 4.90 Å². The maximum atomic E-state index is 14.2. The Morgan fingerprint density at radius 1 is 1.03 bits per heavy atom. The first-order chi connectivity index (χ1) is 13.7. The molecule has 4 nitrogen and oxygen atoms in total. The molecular weight excluding hydrogens is 465 g/mol. The number of thiol groups is 1.